The van der Waals surface area contributed by atoms with Crippen molar-refractivity contribution >= 4 is 17.5 Å². The molecule has 26 heavy (non-hydrogen) atoms. The van der Waals surface area contributed by atoms with Crippen LogP contribution in [0.1, 0.15) is 26.5 Å². The van der Waals surface area contributed by atoms with E-state index in [0.717, 1.165) is 10.8 Å². The Morgan fingerprint density at radius 1 is 1.12 bits per heavy atom. The van der Waals surface area contributed by atoms with Crippen LogP contribution in [0.2, 0.25) is 0 Å². The van der Waals surface area contributed by atoms with E-state index in [1.807, 2.05) is 0 Å². The van der Waals surface area contributed by atoms with Gasteiger partial charge in [0.2, 0.25) is 0 Å². The van der Waals surface area contributed by atoms with Crippen molar-refractivity contribution in [3.8, 4) is 0 Å². The molecule has 3 aromatic rings. The number of amides is 2. The molecular weight excluding hydrogens is 340 g/mol. The van der Waals surface area contributed by atoms with Crippen LogP contribution in [0.3, 0.4) is 0 Å². The molecule has 0 saturated heterocycles. The molecule has 4 N–H and O–H groups in total. The number of carbonyl (C=O) groups is 2. The van der Waals surface area contributed by atoms with E-state index in [0.29, 0.717) is 5.76 Å². The largest absolute Gasteiger partial charge is 0.467 e. The molecule has 2 heterocycles. The number of hydrogen-bond donors (Lipinski definition) is 3. The summed E-state index contributed by atoms with van der Waals surface area (Å²) in [5, 5.41) is 2.46. The van der Waals surface area contributed by atoms with Crippen LogP contribution in [0.25, 0.3) is 0 Å². The highest BCUT2D eigenvalue weighted by Gasteiger charge is 2.17. The van der Waals surface area contributed by atoms with Gasteiger partial charge in [-0.25, -0.2) is 4.79 Å². The Balaban J connectivity index is 1.95. The molecule has 9 nitrogen and oxygen atoms in total. The van der Waals surface area contributed by atoms with Gasteiger partial charge in [-0.15, -0.1) is 0 Å². The third-order valence-corrected chi connectivity index (χ3v) is 3.64. The topological polar surface area (TPSA) is 140 Å². The van der Waals surface area contributed by atoms with Gasteiger partial charge in [0, 0.05) is 6.20 Å². The third kappa shape index (κ3) is 3.31. The van der Waals surface area contributed by atoms with E-state index in [-0.39, 0.29) is 23.4 Å². The van der Waals surface area contributed by atoms with Crippen molar-refractivity contribution in [3.05, 3.63) is 86.6 Å². The van der Waals surface area contributed by atoms with Crippen molar-refractivity contribution in [1.29, 1.82) is 0 Å². The second-order valence-electron chi connectivity index (χ2n) is 5.34. The smallest absolute Gasteiger partial charge is 0.328 e. The first-order valence-corrected chi connectivity index (χ1v) is 7.52. The van der Waals surface area contributed by atoms with Crippen molar-refractivity contribution in [3.63, 3.8) is 0 Å². The molecule has 1 aromatic carbocycles. The van der Waals surface area contributed by atoms with Gasteiger partial charge in [-0.2, -0.15) is 0 Å². The van der Waals surface area contributed by atoms with Crippen LogP contribution >= 0.6 is 0 Å². The number of nitrogens with two attached hydrogens (primary N) is 1. The first kappa shape index (κ1) is 17.0. The first-order valence-electron chi connectivity index (χ1n) is 7.52. The van der Waals surface area contributed by atoms with E-state index in [2.05, 4.69) is 10.3 Å². The normalized spacial score (nSPS) is 10.5. The SMILES string of the molecule is NC(=O)c1ccccc1NC(=O)c1c[nH]c(=O)n(Cc2ccco2)c1=O. The van der Waals surface area contributed by atoms with Gasteiger partial charge >= 0.3 is 5.69 Å². The number of benzene rings is 1. The summed E-state index contributed by atoms with van der Waals surface area (Å²) in [4.78, 5) is 50.7. The average molecular weight is 354 g/mol. The van der Waals surface area contributed by atoms with Crippen LogP contribution in [0, 0.1) is 0 Å². The lowest BCUT2D eigenvalue weighted by molar-refractivity contribution is 0.100. The number of hydrogen-bond acceptors (Lipinski definition) is 5. The Morgan fingerprint density at radius 2 is 1.88 bits per heavy atom. The highest BCUT2D eigenvalue weighted by molar-refractivity contribution is 6.08. The van der Waals surface area contributed by atoms with Crippen LogP contribution < -0.4 is 22.3 Å². The van der Waals surface area contributed by atoms with Crippen LogP contribution in [-0.4, -0.2) is 21.4 Å². The molecule has 0 unspecified atom stereocenters. The van der Waals surface area contributed by atoms with Gasteiger partial charge < -0.3 is 20.5 Å². The minimum Gasteiger partial charge on any atom is -0.467 e. The molecule has 0 aliphatic rings. The Bertz CT molecular complexity index is 1080. The van der Waals surface area contributed by atoms with E-state index in [9.17, 15) is 19.2 Å². The van der Waals surface area contributed by atoms with Gasteiger partial charge in [-0.05, 0) is 24.3 Å². The van der Waals surface area contributed by atoms with E-state index in [1.54, 1.807) is 24.3 Å². The predicted molar refractivity (Wildman–Crippen MR) is 92.0 cm³/mol. The van der Waals surface area contributed by atoms with Crippen LogP contribution in [-0.2, 0) is 6.54 Å². The van der Waals surface area contributed by atoms with E-state index < -0.39 is 23.1 Å². The van der Waals surface area contributed by atoms with Crippen molar-refractivity contribution < 1.29 is 14.0 Å². The maximum atomic E-state index is 12.5. The zero-order chi connectivity index (χ0) is 18.7. The standard InChI is InChI=1S/C17H14N4O5/c18-14(22)11-5-1-2-6-13(11)20-15(23)12-8-19-17(25)21(16(12)24)9-10-4-3-7-26-10/h1-8H,9H2,(H2,18,22)(H,19,25)(H,20,23). The number of carbonyl (C=O) groups excluding carboxylic acids is 2. The summed E-state index contributed by atoms with van der Waals surface area (Å²) in [5.74, 6) is -1.13. The summed E-state index contributed by atoms with van der Waals surface area (Å²) in [6, 6.07) is 9.33. The van der Waals surface area contributed by atoms with Crippen LogP contribution in [0.15, 0.2) is 62.9 Å². The molecule has 2 amide bonds. The van der Waals surface area contributed by atoms with Crippen molar-refractivity contribution in [1.82, 2.24) is 9.55 Å². The minimum atomic E-state index is -0.792. The molecule has 2 aromatic heterocycles. The average Bonchev–Trinajstić information content (AvgIpc) is 3.12. The van der Waals surface area contributed by atoms with E-state index in [4.69, 9.17) is 10.2 Å². The molecule has 0 radical (unpaired) electrons. The number of anilines is 1. The summed E-state index contributed by atoms with van der Waals surface area (Å²) in [6.07, 6.45) is 2.43. The molecule has 9 heteroatoms. The summed E-state index contributed by atoms with van der Waals surface area (Å²) < 4.78 is 5.96. The van der Waals surface area contributed by atoms with Gasteiger partial charge in [0.15, 0.2) is 0 Å². The Morgan fingerprint density at radius 3 is 2.58 bits per heavy atom. The highest BCUT2D eigenvalue weighted by atomic mass is 16.3. The molecule has 0 saturated carbocycles. The zero-order valence-corrected chi connectivity index (χ0v) is 13.4. The van der Waals surface area contributed by atoms with Crippen LogP contribution in [0.4, 0.5) is 5.69 Å². The number of para-hydroxylation sites is 1. The fraction of sp³-hybridized carbons (Fsp3) is 0.0588. The number of furan rings is 1. The zero-order valence-electron chi connectivity index (χ0n) is 13.4. The van der Waals surface area contributed by atoms with E-state index in [1.165, 1.54) is 18.4 Å². The molecular formula is C17H14N4O5. The third-order valence-electron chi connectivity index (χ3n) is 3.64. The predicted octanol–water partition coefficient (Wildman–Crippen LogP) is 0.529. The number of nitrogens with zero attached hydrogens (tertiary/aromatic N) is 1. The quantitative estimate of drug-likeness (QED) is 0.613. The van der Waals surface area contributed by atoms with Gasteiger partial charge in [0.1, 0.15) is 11.3 Å². The second-order valence-corrected chi connectivity index (χ2v) is 5.34. The molecule has 0 aliphatic carbocycles. The lowest BCUT2D eigenvalue weighted by Gasteiger charge is -2.09. The Hall–Kier alpha value is -3.88. The summed E-state index contributed by atoms with van der Waals surface area (Å²) >= 11 is 0. The van der Waals surface area contributed by atoms with Crippen LogP contribution in [0.5, 0.6) is 0 Å². The lowest BCUT2D eigenvalue weighted by Crippen LogP contribution is -2.39. The van der Waals surface area contributed by atoms with Gasteiger partial charge in [0.05, 0.1) is 24.1 Å². The maximum Gasteiger partial charge on any atom is 0.328 e. The van der Waals surface area contributed by atoms with Gasteiger partial charge in [-0.1, -0.05) is 12.1 Å². The van der Waals surface area contributed by atoms with Crippen molar-refractivity contribution in [2.75, 3.05) is 5.32 Å². The highest BCUT2D eigenvalue weighted by Crippen LogP contribution is 2.14. The van der Waals surface area contributed by atoms with E-state index >= 15 is 0 Å². The number of H-pyrrole nitrogens is 1. The monoisotopic (exact) mass is 354 g/mol. The summed E-state index contributed by atoms with van der Waals surface area (Å²) in [5.41, 5.74) is 3.75. The first-order chi connectivity index (χ1) is 12.5. The fourth-order valence-corrected chi connectivity index (χ4v) is 2.37. The fourth-order valence-electron chi connectivity index (χ4n) is 2.37. The lowest BCUT2D eigenvalue weighted by atomic mass is 10.1. The number of aromatic nitrogens is 2. The van der Waals surface area contributed by atoms with Crippen molar-refractivity contribution in [2.24, 2.45) is 5.73 Å². The molecule has 0 fully saturated rings. The number of rotatable bonds is 5. The number of nitrogens with one attached hydrogen (secondary N) is 2. The summed E-state index contributed by atoms with van der Waals surface area (Å²) in [7, 11) is 0. The second kappa shape index (κ2) is 6.93. The number of primary amides is 1. The van der Waals surface area contributed by atoms with Gasteiger partial charge in [-0.3, -0.25) is 19.0 Å². The maximum absolute atomic E-state index is 12.5. The Kier molecular flexibility index (Phi) is 4.52. The molecule has 3 rings (SSSR count). The van der Waals surface area contributed by atoms with Crippen molar-refractivity contribution in [2.45, 2.75) is 6.54 Å². The molecule has 0 aliphatic heterocycles. The Labute approximate surface area is 146 Å². The number of aromatic amines is 1. The summed E-state index contributed by atoms with van der Waals surface area (Å²) in [6.45, 7) is -0.125. The molecule has 0 spiro atoms. The minimum absolute atomic E-state index is 0.0983. The molecule has 0 atom stereocenters. The molecule has 132 valence electrons. The van der Waals surface area contributed by atoms with Gasteiger partial charge in [0.25, 0.3) is 17.4 Å². The molecule has 0 bridgehead atoms.